The van der Waals surface area contributed by atoms with Crippen LogP contribution in [0.25, 0.3) is 0 Å². The van der Waals surface area contributed by atoms with E-state index in [0.29, 0.717) is 26.2 Å². The van der Waals surface area contributed by atoms with Crippen LogP contribution in [0.2, 0.25) is 0 Å². The van der Waals surface area contributed by atoms with Gasteiger partial charge >= 0.3 is 0 Å². The number of nitrogens with one attached hydrogen (secondary N) is 1. The lowest BCUT2D eigenvalue weighted by Gasteiger charge is -2.32. The molecule has 0 saturated carbocycles. The molecule has 0 aromatic heterocycles. The van der Waals surface area contributed by atoms with Gasteiger partial charge in [-0.25, -0.2) is 0 Å². The number of nitrogens with two attached hydrogens (primary N) is 1. The Bertz CT molecular complexity index is 167. The van der Waals surface area contributed by atoms with Crippen LogP contribution in [0.1, 0.15) is 0 Å². The Hall–Kier alpha value is -0.780. The number of nitrogens with zero attached hydrogens (tertiary/aromatic N) is 2. The van der Waals surface area contributed by atoms with Gasteiger partial charge in [-0.05, 0) is 0 Å². The predicted octanol–water partition coefficient (Wildman–Crippen LogP) is -0.768. The third-order valence-electron chi connectivity index (χ3n) is 1.80. The molecule has 0 atom stereocenters. The minimum absolute atomic E-state index is 0. The molecule has 1 saturated heterocycles. The van der Waals surface area contributed by atoms with Gasteiger partial charge < -0.3 is 15.5 Å². The number of amides is 1. The maximum absolute atomic E-state index is 10.3. The van der Waals surface area contributed by atoms with Crippen molar-refractivity contribution in [2.75, 3.05) is 26.2 Å². The molecule has 1 aliphatic rings. The topological polar surface area (TPSA) is 73.4 Å². The Kier molecular flexibility index (Phi) is 4.65. The highest BCUT2D eigenvalue weighted by molar-refractivity contribution is 8.93. The number of piperazine rings is 1. The summed E-state index contributed by atoms with van der Waals surface area (Å²) in [6.07, 6.45) is 0.831. The second-order valence-electron chi connectivity index (χ2n) is 2.51. The molecule has 1 heterocycles. The summed E-state index contributed by atoms with van der Waals surface area (Å²) < 4.78 is 0. The van der Waals surface area contributed by atoms with Crippen LogP contribution >= 0.6 is 17.0 Å². The Balaban J connectivity index is 0.00000121. The number of hydrogen-bond donors (Lipinski definition) is 2. The first-order valence-corrected chi connectivity index (χ1v) is 3.52. The number of hydrogen-bond acceptors (Lipinski definition) is 2. The summed E-state index contributed by atoms with van der Waals surface area (Å²) in [5.41, 5.74) is 5.26. The molecule has 1 amide bonds. The minimum Gasteiger partial charge on any atom is -0.370 e. The van der Waals surface area contributed by atoms with E-state index in [0.717, 1.165) is 6.41 Å². The zero-order valence-electron chi connectivity index (χ0n) is 6.69. The first kappa shape index (κ1) is 11.2. The van der Waals surface area contributed by atoms with Crippen molar-refractivity contribution in [3.8, 4) is 0 Å². The summed E-state index contributed by atoms with van der Waals surface area (Å²) in [5, 5.41) is 7.11. The normalized spacial score (nSPS) is 16.7. The molecular weight excluding hydrogens is 224 g/mol. The predicted molar refractivity (Wildman–Crippen MR) is 51.4 cm³/mol. The van der Waals surface area contributed by atoms with E-state index in [-0.39, 0.29) is 22.9 Å². The fourth-order valence-corrected chi connectivity index (χ4v) is 1.07. The average Bonchev–Trinajstić information content (AvgIpc) is 2.05. The van der Waals surface area contributed by atoms with E-state index >= 15 is 0 Å². The first-order chi connectivity index (χ1) is 5.24. The van der Waals surface area contributed by atoms with Crippen molar-refractivity contribution < 1.29 is 4.79 Å². The quantitative estimate of drug-likeness (QED) is 0.357. The second-order valence-corrected chi connectivity index (χ2v) is 2.51. The first-order valence-electron chi connectivity index (χ1n) is 3.52. The Labute approximate surface area is 81.8 Å². The molecule has 1 aliphatic heterocycles. The molecule has 1 rings (SSSR count). The third-order valence-corrected chi connectivity index (χ3v) is 1.80. The van der Waals surface area contributed by atoms with Gasteiger partial charge in [-0.2, -0.15) is 0 Å². The smallest absolute Gasteiger partial charge is 0.209 e. The summed E-state index contributed by atoms with van der Waals surface area (Å²) >= 11 is 0. The van der Waals surface area contributed by atoms with Crippen LogP contribution in [0.3, 0.4) is 0 Å². The highest BCUT2D eigenvalue weighted by Crippen LogP contribution is 1.97. The molecule has 0 aromatic carbocycles. The van der Waals surface area contributed by atoms with E-state index in [1.54, 1.807) is 9.80 Å². The molecular formula is C6H13BrN4O. The Morgan fingerprint density at radius 1 is 1.33 bits per heavy atom. The lowest BCUT2D eigenvalue weighted by atomic mass is 10.3. The maximum Gasteiger partial charge on any atom is 0.209 e. The van der Waals surface area contributed by atoms with Crippen molar-refractivity contribution in [1.29, 1.82) is 5.41 Å². The van der Waals surface area contributed by atoms with Gasteiger partial charge in [0.05, 0.1) is 0 Å². The molecule has 6 heteroatoms. The largest absolute Gasteiger partial charge is 0.370 e. The molecule has 0 aromatic rings. The van der Waals surface area contributed by atoms with Crippen molar-refractivity contribution in [1.82, 2.24) is 9.80 Å². The van der Waals surface area contributed by atoms with Crippen LogP contribution in [0, 0.1) is 5.41 Å². The van der Waals surface area contributed by atoms with Gasteiger partial charge in [0.25, 0.3) is 0 Å². The van der Waals surface area contributed by atoms with E-state index in [1.807, 2.05) is 0 Å². The Morgan fingerprint density at radius 3 is 2.17 bits per heavy atom. The number of carbonyl (C=O) groups is 1. The molecule has 1 fully saturated rings. The van der Waals surface area contributed by atoms with Crippen LogP contribution in [0.15, 0.2) is 0 Å². The molecule has 70 valence electrons. The summed E-state index contributed by atoms with van der Waals surface area (Å²) in [6.45, 7) is 2.69. The standard InChI is InChI=1S/C6H12N4O.BrH/c7-6(8)10-3-1-9(5-11)2-4-10;/h5H,1-4H2,(H3,7,8);1H. The zero-order chi connectivity index (χ0) is 8.27. The van der Waals surface area contributed by atoms with Crippen LogP contribution in [-0.2, 0) is 4.79 Å². The number of carbonyl (C=O) groups excluding carboxylic acids is 1. The zero-order valence-corrected chi connectivity index (χ0v) is 8.41. The van der Waals surface area contributed by atoms with Gasteiger partial charge in [0.15, 0.2) is 5.96 Å². The highest BCUT2D eigenvalue weighted by atomic mass is 79.9. The lowest BCUT2D eigenvalue weighted by Crippen LogP contribution is -2.50. The van der Waals surface area contributed by atoms with Crippen LogP contribution in [0.4, 0.5) is 0 Å². The van der Waals surface area contributed by atoms with E-state index < -0.39 is 0 Å². The van der Waals surface area contributed by atoms with Crippen molar-refractivity contribution >= 4 is 29.4 Å². The van der Waals surface area contributed by atoms with Gasteiger partial charge in [-0.15, -0.1) is 17.0 Å². The third kappa shape index (κ3) is 2.69. The van der Waals surface area contributed by atoms with Gasteiger partial charge in [0.1, 0.15) is 0 Å². The number of halogens is 1. The van der Waals surface area contributed by atoms with E-state index in [1.165, 1.54) is 0 Å². The monoisotopic (exact) mass is 236 g/mol. The van der Waals surface area contributed by atoms with Gasteiger partial charge in [0, 0.05) is 26.2 Å². The fraction of sp³-hybridized carbons (Fsp3) is 0.667. The van der Waals surface area contributed by atoms with Gasteiger partial charge in [0.2, 0.25) is 6.41 Å². The van der Waals surface area contributed by atoms with E-state index in [9.17, 15) is 4.79 Å². The van der Waals surface area contributed by atoms with Crippen molar-refractivity contribution in [3.05, 3.63) is 0 Å². The van der Waals surface area contributed by atoms with Crippen LogP contribution in [0.5, 0.6) is 0 Å². The van der Waals surface area contributed by atoms with Crippen LogP contribution < -0.4 is 5.73 Å². The summed E-state index contributed by atoms with van der Waals surface area (Å²) in [5.74, 6) is 0.0931. The summed E-state index contributed by atoms with van der Waals surface area (Å²) in [4.78, 5) is 13.7. The summed E-state index contributed by atoms with van der Waals surface area (Å²) in [6, 6.07) is 0. The average molecular weight is 237 g/mol. The van der Waals surface area contributed by atoms with E-state index in [2.05, 4.69) is 0 Å². The highest BCUT2D eigenvalue weighted by Gasteiger charge is 2.15. The van der Waals surface area contributed by atoms with Crippen molar-refractivity contribution in [3.63, 3.8) is 0 Å². The fourth-order valence-electron chi connectivity index (χ4n) is 1.07. The van der Waals surface area contributed by atoms with E-state index in [4.69, 9.17) is 11.1 Å². The molecule has 5 nitrogen and oxygen atoms in total. The molecule has 12 heavy (non-hydrogen) atoms. The Morgan fingerprint density at radius 2 is 1.83 bits per heavy atom. The van der Waals surface area contributed by atoms with Crippen LogP contribution in [-0.4, -0.2) is 48.3 Å². The van der Waals surface area contributed by atoms with Gasteiger partial charge in [-0.3, -0.25) is 10.2 Å². The summed E-state index contributed by atoms with van der Waals surface area (Å²) in [7, 11) is 0. The molecule has 0 spiro atoms. The number of guanidine groups is 1. The minimum atomic E-state index is 0. The second kappa shape index (κ2) is 4.97. The molecule has 0 radical (unpaired) electrons. The molecule has 3 N–H and O–H groups in total. The van der Waals surface area contributed by atoms with Crippen molar-refractivity contribution in [2.24, 2.45) is 5.73 Å². The molecule has 0 bridgehead atoms. The lowest BCUT2D eigenvalue weighted by molar-refractivity contribution is -0.119. The number of rotatable bonds is 1. The van der Waals surface area contributed by atoms with Crippen molar-refractivity contribution in [2.45, 2.75) is 0 Å². The van der Waals surface area contributed by atoms with Gasteiger partial charge in [-0.1, -0.05) is 0 Å². The molecule has 0 unspecified atom stereocenters. The molecule has 0 aliphatic carbocycles. The SMILES string of the molecule is Br.N=C(N)N1CCN(C=O)CC1. The maximum atomic E-state index is 10.3.